The monoisotopic (exact) mass is 355 g/mol. The third kappa shape index (κ3) is 3.95. The Balaban J connectivity index is 1.68. The number of rotatable bonds is 4. The summed E-state index contributed by atoms with van der Waals surface area (Å²) in [6.45, 7) is 7.22. The maximum absolute atomic E-state index is 12.4. The van der Waals surface area contributed by atoms with Gasteiger partial charge in [0, 0.05) is 24.7 Å². The summed E-state index contributed by atoms with van der Waals surface area (Å²) >= 11 is 0. The summed E-state index contributed by atoms with van der Waals surface area (Å²) in [6.07, 6.45) is 3.20. The van der Waals surface area contributed by atoms with Gasteiger partial charge in [0.15, 0.2) is 11.5 Å². The molecule has 1 aromatic heterocycles. The van der Waals surface area contributed by atoms with Crippen LogP contribution in [-0.4, -0.2) is 41.0 Å². The number of hydrogen-bond donors (Lipinski definition) is 1. The number of likely N-dealkylation sites (tertiary alicyclic amines) is 1. The highest BCUT2D eigenvalue weighted by molar-refractivity contribution is 5.96. The summed E-state index contributed by atoms with van der Waals surface area (Å²) in [7, 11) is 0. The van der Waals surface area contributed by atoms with Crippen molar-refractivity contribution in [3.8, 4) is 11.3 Å². The second-order valence-corrected chi connectivity index (χ2v) is 6.98. The fourth-order valence-corrected chi connectivity index (χ4v) is 3.23. The van der Waals surface area contributed by atoms with Gasteiger partial charge in [-0.25, -0.2) is 0 Å². The predicted molar refractivity (Wildman–Crippen MR) is 98.8 cm³/mol. The van der Waals surface area contributed by atoms with Crippen LogP contribution in [0.15, 0.2) is 28.8 Å². The Morgan fingerprint density at radius 3 is 2.62 bits per heavy atom. The Labute approximate surface area is 153 Å². The third-order valence-electron chi connectivity index (χ3n) is 4.79. The molecule has 26 heavy (non-hydrogen) atoms. The Morgan fingerprint density at radius 2 is 1.88 bits per heavy atom. The molecule has 2 amide bonds. The van der Waals surface area contributed by atoms with Gasteiger partial charge in [-0.05, 0) is 51.7 Å². The highest BCUT2D eigenvalue weighted by Crippen LogP contribution is 2.25. The maximum atomic E-state index is 12.4. The molecule has 1 unspecified atom stereocenters. The number of aryl methyl sites for hydroxylation is 2. The summed E-state index contributed by atoms with van der Waals surface area (Å²) < 4.78 is 5.36. The normalized spacial score (nSPS) is 15.6. The summed E-state index contributed by atoms with van der Waals surface area (Å²) in [5.41, 5.74) is 3.24. The molecule has 3 rings (SSSR count). The Hall–Kier alpha value is -2.63. The Bertz CT molecular complexity index is 806. The van der Waals surface area contributed by atoms with Crippen molar-refractivity contribution >= 4 is 11.8 Å². The molecule has 2 aromatic rings. The minimum absolute atomic E-state index is 0.0451. The fraction of sp³-hybridized carbons (Fsp3) is 0.450. The van der Waals surface area contributed by atoms with Gasteiger partial charge in [-0.15, -0.1) is 0 Å². The van der Waals surface area contributed by atoms with Crippen LogP contribution in [0.5, 0.6) is 0 Å². The van der Waals surface area contributed by atoms with E-state index in [1.165, 1.54) is 0 Å². The summed E-state index contributed by atoms with van der Waals surface area (Å²) in [6, 6.07) is 7.07. The molecule has 1 saturated heterocycles. The lowest BCUT2D eigenvalue weighted by atomic mass is 10.0. The zero-order valence-electron chi connectivity index (χ0n) is 15.5. The number of carbonyl (C=O) groups is 2. The minimum atomic E-state index is -0.582. The van der Waals surface area contributed by atoms with E-state index in [1.807, 2.05) is 36.9 Å². The minimum Gasteiger partial charge on any atom is -0.355 e. The van der Waals surface area contributed by atoms with Crippen molar-refractivity contribution in [3.05, 3.63) is 41.1 Å². The molecule has 1 aliphatic heterocycles. The van der Waals surface area contributed by atoms with Gasteiger partial charge in [-0.1, -0.05) is 22.9 Å². The van der Waals surface area contributed by atoms with E-state index in [9.17, 15) is 9.59 Å². The van der Waals surface area contributed by atoms with E-state index in [4.69, 9.17) is 4.52 Å². The molecular weight excluding hydrogens is 330 g/mol. The van der Waals surface area contributed by atoms with Crippen molar-refractivity contribution in [2.24, 2.45) is 0 Å². The topological polar surface area (TPSA) is 75.4 Å². The quantitative estimate of drug-likeness (QED) is 0.914. The largest absolute Gasteiger partial charge is 0.355 e. The molecule has 6 nitrogen and oxygen atoms in total. The molecule has 2 heterocycles. The highest BCUT2D eigenvalue weighted by Gasteiger charge is 2.25. The van der Waals surface area contributed by atoms with Gasteiger partial charge in [0.2, 0.25) is 5.91 Å². The van der Waals surface area contributed by atoms with Crippen LogP contribution in [0.1, 0.15) is 47.8 Å². The van der Waals surface area contributed by atoms with Crippen LogP contribution in [0.3, 0.4) is 0 Å². The second kappa shape index (κ2) is 7.72. The molecule has 0 aliphatic carbocycles. The first-order valence-corrected chi connectivity index (χ1v) is 9.09. The average Bonchev–Trinajstić information content (AvgIpc) is 3.14. The number of benzene rings is 1. The van der Waals surface area contributed by atoms with Crippen molar-refractivity contribution in [1.82, 2.24) is 15.4 Å². The number of piperidine rings is 1. The van der Waals surface area contributed by atoms with Crippen LogP contribution in [0.25, 0.3) is 11.3 Å². The third-order valence-corrected chi connectivity index (χ3v) is 4.79. The summed E-state index contributed by atoms with van der Waals surface area (Å²) in [5.74, 6) is 0.103. The first-order valence-electron chi connectivity index (χ1n) is 9.09. The molecule has 0 spiro atoms. The van der Waals surface area contributed by atoms with E-state index in [2.05, 4.69) is 10.5 Å². The zero-order valence-corrected chi connectivity index (χ0v) is 15.5. The van der Waals surface area contributed by atoms with Crippen molar-refractivity contribution in [3.63, 3.8) is 0 Å². The molecule has 1 aliphatic rings. The van der Waals surface area contributed by atoms with Gasteiger partial charge in [-0.3, -0.25) is 9.59 Å². The van der Waals surface area contributed by atoms with E-state index in [0.717, 1.165) is 49.0 Å². The molecule has 1 N–H and O–H groups in total. The second-order valence-electron chi connectivity index (χ2n) is 6.98. The van der Waals surface area contributed by atoms with E-state index in [1.54, 1.807) is 13.0 Å². The number of amides is 2. The summed E-state index contributed by atoms with van der Waals surface area (Å²) in [5, 5.41) is 6.61. The number of carbonyl (C=O) groups excluding carboxylic acids is 2. The zero-order chi connectivity index (χ0) is 18.7. The van der Waals surface area contributed by atoms with Gasteiger partial charge in [-0.2, -0.15) is 0 Å². The van der Waals surface area contributed by atoms with E-state index in [0.29, 0.717) is 5.76 Å². The molecule has 0 bridgehead atoms. The van der Waals surface area contributed by atoms with Crippen LogP contribution in [-0.2, 0) is 4.79 Å². The van der Waals surface area contributed by atoms with E-state index >= 15 is 0 Å². The molecule has 0 radical (unpaired) electrons. The van der Waals surface area contributed by atoms with Crippen LogP contribution >= 0.6 is 0 Å². The van der Waals surface area contributed by atoms with Crippen LogP contribution in [0.2, 0.25) is 0 Å². The lowest BCUT2D eigenvalue weighted by Crippen LogP contribution is -2.48. The number of nitrogens with one attached hydrogen (secondary N) is 1. The number of hydrogen-bond acceptors (Lipinski definition) is 4. The molecule has 0 saturated carbocycles. The first-order chi connectivity index (χ1) is 12.5. The SMILES string of the molecule is Cc1ccc(C)c(-c2cc(C(=O)NC(C)C(=O)N3CCCCC3)no2)c1. The van der Waals surface area contributed by atoms with Crippen LogP contribution in [0.4, 0.5) is 0 Å². The fourth-order valence-electron chi connectivity index (χ4n) is 3.23. The predicted octanol–water partition coefficient (Wildman–Crippen LogP) is 3.09. The lowest BCUT2D eigenvalue weighted by molar-refractivity contribution is -0.133. The first kappa shape index (κ1) is 18.2. The highest BCUT2D eigenvalue weighted by atomic mass is 16.5. The standard InChI is InChI=1S/C20H25N3O3/c1-13-7-8-14(2)16(11-13)18-12-17(22-26-18)19(24)21-15(3)20(25)23-9-5-4-6-10-23/h7-8,11-12,15H,4-6,9-10H2,1-3H3,(H,21,24). The van der Waals surface area contributed by atoms with Gasteiger partial charge in [0.1, 0.15) is 6.04 Å². The van der Waals surface area contributed by atoms with Gasteiger partial charge in [0.05, 0.1) is 0 Å². The molecule has 1 atom stereocenters. The lowest BCUT2D eigenvalue weighted by Gasteiger charge is -2.29. The van der Waals surface area contributed by atoms with Crippen molar-refractivity contribution < 1.29 is 14.1 Å². The molecule has 138 valence electrons. The van der Waals surface area contributed by atoms with Crippen LogP contribution < -0.4 is 5.32 Å². The van der Waals surface area contributed by atoms with E-state index in [-0.39, 0.29) is 11.6 Å². The number of aromatic nitrogens is 1. The van der Waals surface area contributed by atoms with Gasteiger partial charge in [0.25, 0.3) is 5.91 Å². The van der Waals surface area contributed by atoms with Crippen molar-refractivity contribution in [1.29, 1.82) is 0 Å². The smallest absolute Gasteiger partial charge is 0.274 e. The summed E-state index contributed by atoms with van der Waals surface area (Å²) in [4.78, 5) is 26.7. The molecule has 1 fully saturated rings. The van der Waals surface area contributed by atoms with Gasteiger partial charge < -0.3 is 14.7 Å². The molecular formula is C20H25N3O3. The van der Waals surface area contributed by atoms with E-state index < -0.39 is 11.9 Å². The number of nitrogens with zero attached hydrogens (tertiary/aromatic N) is 2. The van der Waals surface area contributed by atoms with Crippen molar-refractivity contribution in [2.75, 3.05) is 13.1 Å². The Kier molecular flexibility index (Phi) is 5.40. The van der Waals surface area contributed by atoms with Crippen molar-refractivity contribution in [2.45, 2.75) is 46.1 Å². The van der Waals surface area contributed by atoms with Gasteiger partial charge >= 0.3 is 0 Å². The maximum Gasteiger partial charge on any atom is 0.274 e. The average molecular weight is 355 g/mol. The molecule has 6 heteroatoms. The Morgan fingerprint density at radius 1 is 1.15 bits per heavy atom. The van der Waals surface area contributed by atoms with Crippen LogP contribution in [0, 0.1) is 13.8 Å². The molecule has 1 aromatic carbocycles.